The third kappa shape index (κ3) is 3.03. The lowest BCUT2D eigenvalue weighted by molar-refractivity contribution is -0.385. The van der Waals surface area contributed by atoms with Crippen LogP contribution in [0.4, 0.5) is 18.9 Å². The van der Waals surface area contributed by atoms with Crippen LogP contribution in [0.3, 0.4) is 0 Å². The van der Waals surface area contributed by atoms with E-state index in [4.69, 9.17) is 0 Å². The van der Waals surface area contributed by atoms with Gasteiger partial charge in [-0.2, -0.15) is 21.6 Å². The number of halogens is 3. The summed E-state index contributed by atoms with van der Waals surface area (Å²) in [5, 5.41) is 10.3. The van der Waals surface area contributed by atoms with Gasteiger partial charge in [-0.15, -0.1) is 0 Å². The fraction of sp³-hybridized carbons (Fsp3) is 0.167. The number of hydrogen-bond donors (Lipinski definition) is 0. The van der Waals surface area contributed by atoms with Gasteiger partial charge in [0.05, 0.1) is 17.2 Å². The Morgan fingerprint density at radius 1 is 1.35 bits per heavy atom. The molecule has 0 radical (unpaired) electrons. The maximum atomic E-state index is 11.9. The molecule has 0 spiro atoms. The molecule has 17 heavy (non-hydrogen) atoms. The molecule has 0 atom stereocenters. The fourth-order valence-corrected chi connectivity index (χ4v) is 1.17. The van der Waals surface area contributed by atoms with Crippen LogP contribution in [0.5, 0.6) is 5.75 Å². The molecule has 1 aromatic rings. The molecular formula is C6H3F3N2O5S. The zero-order valence-electron chi connectivity index (χ0n) is 7.71. The third-order valence-corrected chi connectivity index (χ3v) is 2.38. The van der Waals surface area contributed by atoms with E-state index < -0.39 is 32.0 Å². The van der Waals surface area contributed by atoms with Crippen molar-refractivity contribution in [2.75, 3.05) is 0 Å². The Kier molecular flexibility index (Phi) is 3.22. The summed E-state index contributed by atoms with van der Waals surface area (Å²) in [6.07, 6.45) is 1.34. The molecule has 1 heterocycles. The Hall–Kier alpha value is -1.91. The predicted molar refractivity (Wildman–Crippen MR) is 46.5 cm³/mol. The monoisotopic (exact) mass is 272 g/mol. The second-order valence-electron chi connectivity index (χ2n) is 2.62. The minimum absolute atomic E-state index is 0.510. The minimum Gasteiger partial charge on any atom is -0.374 e. The van der Waals surface area contributed by atoms with Crippen molar-refractivity contribution >= 4 is 15.8 Å². The number of alkyl halides is 3. The van der Waals surface area contributed by atoms with E-state index in [0.29, 0.717) is 12.3 Å². The molecule has 0 aliphatic heterocycles. The molecule has 0 fully saturated rings. The highest BCUT2D eigenvalue weighted by Gasteiger charge is 2.48. The van der Waals surface area contributed by atoms with Gasteiger partial charge in [0.1, 0.15) is 6.20 Å². The van der Waals surface area contributed by atoms with E-state index in [1.165, 1.54) is 0 Å². The van der Waals surface area contributed by atoms with E-state index in [1.54, 1.807) is 0 Å². The van der Waals surface area contributed by atoms with E-state index in [0.717, 1.165) is 6.20 Å². The average Bonchev–Trinajstić information content (AvgIpc) is 2.15. The Morgan fingerprint density at radius 3 is 2.41 bits per heavy atom. The normalized spacial score (nSPS) is 12.2. The lowest BCUT2D eigenvalue weighted by Crippen LogP contribution is -2.28. The van der Waals surface area contributed by atoms with Crippen molar-refractivity contribution in [3.05, 3.63) is 28.6 Å². The van der Waals surface area contributed by atoms with Gasteiger partial charge < -0.3 is 4.18 Å². The topological polar surface area (TPSA) is 99.4 Å². The number of hydrogen-bond acceptors (Lipinski definition) is 6. The fourth-order valence-electron chi connectivity index (χ4n) is 0.727. The van der Waals surface area contributed by atoms with Gasteiger partial charge in [0.25, 0.3) is 5.69 Å². The zero-order chi connectivity index (χ0) is 13.3. The summed E-state index contributed by atoms with van der Waals surface area (Å²) in [6, 6.07) is 0.510. The lowest BCUT2D eigenvalue weighted by Gasteiger charge is -2.08. The molecule has 1 aromatic heterocycles. The molecule has 0 aliphatic carbocycles. The van der Waals surface area contributed by atoms with Crippen molar-refractivity contribution in [1.29, 1.82) is 0 Å². The van der Waals surface area contributed by atoms with Crippen LogP contribution in [0.15, 0.2) is 18.5 Å². The Labute approximate surface area is 92.1 Å². The first kappa shape index (κ1) is 13.2. The second kappa shape index (κ2) is 4.16. The first-order valence-electron chi connectivity index (χ1n) is 3.74. The molecule has 0 N–H and O–H groups in total. The van der Waals surface area contributed by atoms with Gasteiger partial charge in [-0.05, 0) is 0 Å². The summed E-state index contributed by atoms with van der Waals surface area (Å²) in [6.45, 7) is 0. The minimum atomic E-state index is -5.86. The number of nitro groups is 1. The maximum Gasteiger partial charge on any atom is 0.534 e. The van der Waals surface area contributed by atoms with Gasteiger partial charge in [0, 0.05) is 0 Å². The highest BCUT2D eigenvalue weighted by Crippen LogP contribution is 2.27. The second-order valence-corrected chi connectivity index (χ2v) is 4.16. The van der Waals surface area contributed by atoms with Gasteiger partial charge in [-0.25, -0.2) is 0 Å². The molecule has 94 valence electrons. The number of aromatic nitrogens is 1. The predicted octanol–water partition coefficient (Wildman–Crippen LogP) is 1.22. The van der Waals surface area contributed by atoms with Crippen LogP contribution in [0, 0.1) is 10.1 Å². The van der Waals surface area contributed by atoms with Gasteiger partial charge in [-0.3, -0.25) is 15.1 Å². The van der Waals surface area contributed by atoms with Crippen LogP contribution in [0.2, 0.25) is 0 Å². The molecular weight excluding hydrogens is 269 g/mol. The van der Waals surface area contributed by atoms with E-state index in [9.17, 15) is 31.7 Å². The van der Waals surface area contributed by atoms with Crippen LogP contribution in [0.1, 0.15) is 0 Å². The number of pyridine rings is 1. The first-order valence-corrected chi connectivity index (χ1v) is 5.14. The molecule has 0 aliphatic rings. The summed E-state index contributed by atoms with van der Waals surface area (Å²) in [5.74, 6) is -0.892. The van der Waals surface area contributed by atoms with Crippen LogP contribution in [-0.4, -0.2) is 23.8 Å². The molecule has 0 aromatic carbocycles. The van der Waals surface area contributed by atoms with Crippen LogP contribution in [-0.2, 0) is 10.1 Å². The highest BCUT2D eigenvalue weighted by molar-refractivity contribution is 7.87. The molecule has 0 saturated heterocycles. The average molecular weight is 272 g/mol. The number of rotatable bonds is 3. The van der Waals surface area contributed by atoms with E-state index >= 15 is 0 Å². The summed E-state index contributed by atoms with van der Waals surface area (Å²) >= 11 is 0. The van der Waals surface area contributed by atoms with Gasteiger partial charge >= 0.3 is 15.6 Å². The van der Waals surface area contributed by atoms with Crippen molar-refractivity contribution in [3.63, 3.8) is 0 Å². The molecule has 1 rings (SSSR count). The lowest BCUT2D eigenvalue weighted by atomic mass is 10.4. The smallest absolute Gasteiger partial charge is 0.374 e. The highest BCUT2D eigenvalue weighted by atomic mass is 32.2. The van der Waals surface area contributed by atoms with Crippen molar-refractivity contribution in [3.8, 4) is 5.75 Å². The molecule has 0 bridgehead atoms. The van der Waals surface area contributed by atoms with Crippen molar-refractivity contribution in [1.82, 2.24) is 4.98 Å². The van der Waals surface area contributed by atoms with Gasteiger partial charge in [-0.1, -0.05) is 0 Å². The van der Waals surface area contributed by atoms with Crippen molar-refractivity contribution in [2.24, 2.45) is 0 Å². The molecule has 11 heteroatoms. The van der Waals surface area contributed by atoms with Crippen LogP contribution < -0.4 is 4.18 Å². The third-order valence-electron chi connectivity index (χ3n) is 1.40. The van der Waals surface area contributed by atoms with Gasteiger partial charge in [0.2, 0.25) is 0 Å². The molecule has 0 amide bonds. The first-order chi connectivity index (χ1) is 7.63. The van der Waals surface area contributed by atoms with Crippen molar-refractivity contribution in [2.45, 2.75) is 5.51 Å². The standard InChI is InChI=1S/C6H3F3N2O5S/c7-6(8,9)17(14,15)16-5-1-4(11(12)13)2-10-3-5/h1-3H. The van der Waals surface area contributed by atoms with E-state index in [2.05, 4.69) is 9.17 Å². The molecule has 0 saturated carbocycles. The van der Waals surface area contributed by atoms with Crippen molar-refractivity contribution < 1.29 is 30.7 Å². The largest absolute Gasteiger partial charge is 0.534 e. The van der Waals surface area contributed by atoms with E-state index in [-0.39, 0.29) is 0 Å². The van der Waals surface area contributed by atoms with Gasteiger partial charge in [0.15, 0.2) is 5.75 Å². The number of nitrogens with zero attached hydrogens (tertiary/aromatic N) is 2. The summed E-state index contributed by atoms with van der Waals surface area (Å²) in [4.78, 5) is 12.5. The Bertz CT molecular complexity index is 541. The van der Waals surface area contributed by atoms with E-state index in [1.807, 2.05) is 0 Å². The maximum absolute atomic E-state index is 11.9. The Morgan fingerprint density at radius 2 is 1.94 bits per heavy atom. The summed E-state index contributed by atoms with van der Waals surface area (Å²) < 4.78 is 60.5. The quantitative estimate of drug-likeness (QED) is 0.355. The molecule has 0 unspecified atom stereocenters. The summed E-state index contributed by atoms with van der Waals surface area (Å²) in [5.41, 5.74) is -6.31. The van der Waals surface area contributed by atoms with Crippen LogP contribution >= 0.6 is 0 Å². The SMILES string of the molecule is O=[N+]([O-])c1cncc(OS(=O)(=O)C(F)(F)F)c1. The summed E-state index contributed by atoms with van der Waals surface area (Å²) in [7, 11) is -5.86. The molecule has 7 nitrogen and oxygen atoms in total. The Balaban J connectivity index is 3.05. The van der Waals surface area contributed by atoms with Crippen LogP contribution in [0.25, 0.3) is 0 Å². The zero-order valence-corrected chi connectivity index (χ0v) is 8.53.